The Morgan fingerprint density at radius 1 is 1.42 bits per heavy atom. The van der Waals surface area contributed by atoms with E-state index >= 15 is 0 Å². The van der Waals surface area contributed by atoms with Crippen LogP contribution >= 0.6 is 0 Å². The summed E-state index contributed by atoms with van der Waals surface area (Å²) in [4.78, 5) is 13.8. The second-order valence-corrected chi connectivity index (χ2v) is 4.93. The fourth-order valence-corrected chi connectivity index (χ4v) is 1.59. The maximum absolute atomic E-state index is 12.9. The highest BCUT2D eigenvalue weighted by Gasteiger charge is 2.06. The molecule has 0 bridgehead atoms. The number of carbonyl (C=O) groups excluding carboxylic acids is 1. The van der Waals surface area contributed by atoms with Gasteiger partial charge in [-0.1, -0.05) is 6.07 Å². The van der Waals surface area contributed by atoms with E-state index in [2.05, 4.69) is 15.5 Å². The molecule has 0 spiro atoms. The molecule has 4 nitrogen and oxygen atoms in total. The molecule has 0 aliphatic carbocycles. The number of nitrogens with zero attached hydrogens (tertiary/aromatic N) is 1. The van der Waals surface area contributed by atoms with Crippen molar-refractivity contribution in [2.75, 3.05) is 32.5 Å². The Bertz CT molecular complexity index is 409. The summed E-state index contributed by atoms with van der Waals surface area (Å²) in [5, 5.41) is 5.79. The first-order valence-corrected chi connectivity index (χ1v) is 6.41. The molecule has 0 fully saturated rings. The third-order valence-corrected chi connectivity index (χ3v) is 2.73. The van der Waals surface area contributed by atoms with Crippen molar-refractivity contribution in [3.8, 4) is 0 Å². The van der Waals surface area contributed by atoms with Crippen LogP contribution in [0.3, 0.4) is 0 Å². The predicted molar refractivity (Wildman–Crippen MR) is 75.7 cm³/mol. The number of hydrogen-bond donors (Lipinski definition) is 2. The van der Waals surface area contributed by atoms with Crippen LogP contribution in [-0.4, -0.2) is 44.0 Å². The van der Waals surface area contributed by atoms with Crippen molar-refractivity contribution in [1.82, 2.24) is 10.2 Å². The molecule has 0 saturated heterocycles. The molecule has 106 valence electrons. The maximum atomic E-state index is 12.9. The number of halogens is 1. The molecule has 0 radical (unpaired) electrons. The van der Waals surface area contributed by atoms with E-state index in [9.17, 15) is 9.18 Å². The molecule has 1 amide bonds. The fraction of sp³-hybridized carbons (Fsp3) is 0.500. The van der Waals surface area contributed by atoms with Gasteiger partial charge in [-0.05, 0) is 52.2 Å². The molecule has 0 aliphatic rings. The summed E-state index contributed by atoms with van der Waals surface area (Å²) in [5.74, 6) is -0.521. The van der Waals surface area contributed by atoms with E-state index in [1.165, 1.54) is 12.1 Å². The molecule has 2 N–H and O–H groups in total. The van der Waals surface area contributed by atoms with Crippen LogP contribution in [0.25, 0.3) is 0 Å². The van der Waals surface area contributed by atoms with E-state index in [-0.39, 0.29) is 24.3 Å². The molecule has 0 aliphatic heterocycles. The summed E-state index contributed by atoms with van der Waals surface area (Å²) in [5.41, 5.74) is 0.479. The van der Waals surface area contributed by atoms with Crippen LogP contribution in [0.2, 0.25) is 0 Å². The third-order valence-electron chi connectivity index (χ3n) is 2.73. The Hall–Kier alpha value is -1.46. The number of nitrogens with one attached hydrogen (secondary N) is 2. The van der Waals surface area contributed by atoms with Gasteiger partial charge in [-0.15, -0.1) is 0 Å². The maximum Gasteiger partial charge on any atom is 0.238 e. The molecule has 19 heavy (non-hydrogen) atoms. The molecule has 5 heteroatoms. The molecular weight excluding hydrogens is 245 g/mol. The second-order valence-electron chi connectivity index (χ2n) is 4.93. The van der Waals surface area contributed by atoms with Gasteiger partial charge in [0, 0.05) is 11.7 Å². The lowest BCUT2D eigenvalue weighted by atomic mass is 10.2. The minimum Gasteiger partial charge on any atom is -0.325 e. The first-order chi connectivity index (χ1) is 8.97. The topological polar surface area (TPSA) is 44.4 Å². The van der Waals surface area contributed by atoms with Gasteiger partial charge in [0.15, 0.2) is 0 Å². The summed E-state index contributed by atoms with van der Waals surface area (Å²) < 4.78 is 12.9. The van der Waals surface area contributed by atoms with E-state index < -0.39 is 0 Å². The van der Waals surface area contributed by atoms with E-state index in [1.54, 1.807) is 12.1 Å². The Balaban J connectivity index is 2.28. The normalized spacial score (nSPS) is 12.5. The fourth-order valence-electron chi connectivity index (χ4n) is 1.59. The van der Waals surface area contributed by atoms with Crippen molar-refractivity contribution < 1.29 is 9.18 Å². The molecule has 1 aromatic carbocycles. The Kier molecular flexibility index (Phi) is 6.45. The Morgan fingerprint density at radius 2 is 2.16 bits per heavy atom. The summed E-state index contributed by atoms with van der Waals surface area (Å²) in [6, 6.07) is 6.14. The number of benzene rings is 1. The van der Waals surface area contributed by atoms with Crippen LogP contribution in [-0.2, 0) is 4.79 Å². The van der Waals surface area contributed by atoms with Gasteiger partial charge in [0.1, 0.15) is 5.82 Å². The third kappa shape index (κ3) is 6.88. The van der Waals surface area contributed by atoms with Gasteiger partial charge in [0.25, 0.3) is 0 Å². The van der Waals surface area contributed by atoms with Crippen molar-refractivity contribution in [3.05, 3.63) is 30.1 Å². The van der Waals surface area contributed by atoms with E-state index in [0.717, 1.165) is 13.0 Å². The molecule has 0 heterocycles. The number of hydrogen-bond acceptors (Lipinski definition) is 3. The van der Waals surface area contributed by atoms with Gasteiger partial charge in [-0.3, -0.25) is 4.79 Å². The Labute approximate surface area is 114 Å². The standard InChI is InChI=1S/C14H22FN3O/c1-11(7-8-18(2)3)16-10-14(19)17-13-6-4-5-12(15)9-13/h4-6,9,11,16H,7-8,10H2,1-3H3,(H,17,19). The molecule has 1 rings (SSSR count). The van der Waals surface area contributed by atoms with E-state index in [0.29, 0.717) is 5.69 Å². The summed E-state index contributed by atoms with van der Waals surface area (Å²) >= 11 is 0. The SMILES string of the molecule is CC(CCN(C)C)NCC(=O)Nc1cccc(F)c1. The predicted octanol–water partition coefficient (Wildman–Crippen LogP) is 1.69. The number of amides is 1. The monoisotopic (exact) mass is 267 g/mol. The largest absolute Gasteiger partial charge is 0.325 e. The number of rotatable bonds is 7. The van der Waals surface area contributed by atoms with Crippen LogP contribution in [0.15, 0.2) is 24.3 Å². The van der Waals surface area contributed by atoms with Crippen LogP contribution in [0, 0.1) is 5.82 Å². The van der Waals surface area contributed by atoms with Gasteiger partial charge >= 0.3 is 0 Å². The van der Waals surface area contributed by atoms with Crippen LogP contribution in [0.5, 0.6) is 0 Å². The molecular formula is C14H22FN3O. The molecule has 1 aromatic rings. The summed E-state index contributed by atoms with van der Waals surface area (Å²) in [6.45, 7) is 3.24. The Morgan fingerprint density at radius 3 is 2.79 bits per heavy atom. The van der Waals surface area contributed by atoms with Gasteiger partial charge < -0.3 is 15.5 Å². The van der Waals surface area contributed by atoms with Gasteiger partial charge in [-0.25, -0.2) is 4.39 Å². The van der Waals surface area contributed by atoms with Crippen LogP contribution in [0.1, 0.15) is 13.3 Å². The van der Waals surface area contributed by atoms with Crippen LogP contribution in [0.4, 0.5) is 10.1 Å². The quantitative estimate of drug-likeness (QED) is 0.790. The summed E-state index contributed by atoms with van der Waals surface area (Å²) in [6.07, 6.45) is 0.972. The zero-order chi connectivity index (χ0) is 14.3. The molecule has 0 aromatic heterocycles. The smallest absolute Gasteiger partial charge is 0.238 e. The van der Waals surface area contributed by atoms with Gasteiger partial charge in [0.2, 0.25) is 5.91 Å². The average Bonchev–Trinajstić information content (AvgIpc) is 2.34. The van der Waals surface area contributed by atoms with Crippen molar-refractivity contribution in [1.29, 1.82) is 0 Å². The zero-order valence-electron chi connectivity index (χ0n) is 11.7. The van der Waals surface area contributed by atoms with Crippen molar-refractivity contribution >= 4 is 11.6 Å². The van der Waals surface area contributed by atoms with Gasteiger partial charge in [-0.2, -0.15) is 0 Å². The highest BCUT2D eigenvalue weighted by atomic mass is 19.1. The summed E-state index contributed by atoms with van der Waals surface area (Å²) in [7, 11) is 4.03. The lowest BCUT2D eigenvalue weighted by molar-refractivity contribution is -0.115. The highest BCUT2D eigenvalue weighted by molar-refractivity contribution is 5.92. The van der Waals surface area contributed by atoms with E-state index in [1.807, 2.05) is 21.0 Å². The lowest BCUT2D eigenvalue weighted by Gasteiger charge is -2.16. The average molecular weight is 267 g/mol. The van der Waals surface area contributed by atoms with Gasteiger partial charge in [0.05, 0.1) is 6.54 Å². The molecule has 1 unspecified atom stereocenters. The van der Waals surface area contributed by atoms with Crippen molar-refractivity contribution in [2.45, 2.75) is 19.4 Å². The molecule has 1 atom stereocenters. The first-order valence-electron chi connectivity index (χ1n) is 6.41. The van der Waals surface area contributed by atoms with E-state index in [4.69, 9.17) is 0 Å². The second kappa shape index (κ2) is 7.86. The van der Waals surface area contributed by atoms with Crippen LogP contribution < -0.4 is 10.6 Å². The minimum absolute atomic E-state index is 0.165. The minimum atomic E-state index is -0.356. The van der Waals surface area contributed by atoms with Crippen molar-refractivity contribution in [2.24, 2.45) is 0 Å². The lowest BCUT2D eigenvalue weighted by Crippen LogP contribution is -2.36. The van der Waals surface area contributed by atoms with Crippen molar-refractivity contribution in [3.63, 3.8) is 0 Å². The number of carbonyl (C=O) groups is 1. The first kappa shape index (κ1) is 15.6. The molecule has 0 saturated carbocycles. The zero-order valence-corrected chi connectivity index (χ0v) is 11.7. The highest BCUT2D eigenvalue weighted by Crippen LogP contribution is 2.08. The number of anilines is 1.